The maximum atomic E-state index is 12.0. The van der Waals surface area contributed by atoms with Gasteiger partial charge in [-0.3, -0.25) is 9.78 Å². The predicted molar refractivity (Wildman–Crippen MR) is 226 cm³/mol. The van der Waals surface area contributed by atoms with Crippen molar-refractivity contribution in [2.75, 3.05) is 7.05 Å². The van der Waals surface area contributed by atoms with Gasteiger partial charge in [0.1, 0.15) is 6.33 Å². The van der Waals surface area contributed by atoms with E-state index in [1.807, 2.05) is 11.3 Å². The number of thiophene rings is 1. The van der Waals surface area contributed by atoms with E-state index in [-0.39, 0.29) is 48.1 Å². The van der Waals surface area contributed by atoms with Gasteiger partial charge < -0.3 is 5.32 Å². The molecule has 0 bridgehead atoms. The van der Waals surface area contributed by atoms with Gasteiger partial charge in [-0.1, -0.05) is 124 Å². The second-order valence-corrected chi connectivity index (χ2v) is 18.2. The zero-order chi connectivity index (χ0) is 38.2. The largest absolute Gasteiger partial charge is 0.690 e. The van der Waals surface area contributed by atoms with E-state index in [1.165, 1.54) is 55.3 Å². The van der Waals surface area contributed by atoms with Crippen LogP contribution >= 0.6 is 11.3 Å². The molecule has 6 heteroatoms. The van der Waals surface area contributed by atoms with Crippen LogP contribution in [0, 0.1) is 24.8 Å². The molecule has 3 aromatic carbocycles. The molecular weight excluding hydrogens is 847 g/mol. The first-order valence-corrected chi connectivity index (χ1v) is 20.4. The number of nitrogens with zero attached hydrogens (tertiary/aromatic N) is 3. The van der Waals surface area contributed by atoms with Gasteiger partial charge in [0.15, 0.2) is 5.78 Å². The number of rotatable bonds is 9. The third-order valence-corrected chi connectivity index (χ3v) is 13.0. The third kappa shape index (κ3) is 8.51. The van der Waals surface area contributed by atoms with Crippen LogP contribution in [0.15, 0.2) is 54.5 Å². The standard InChI is InChI=1S/C33H35N2S.C14H27NO.Ir/c1-19-15-24-26(33(7,8)14-13-32(24,5)6)25-28-30(36-29(19)25)27(34-18-35-28)21-16-20-11-9-10-12-22(20)23(17-21)31(2,3)4;1-6-11(7-2)13(15-5)10-14(16)12(8-3)9-4;/h9-12,15,17-18H,13-14H2,1-8H3;10-12H,6-9H2,1-5H3,(H,15,16);/q-1;;/p-1. The average Bonchev–Trinajstić information content (AvgIpc) is 3.50. The van der Waals surface area contributed by atoms with Gasteiger partial charge in [-0.15, -0.1) is 47.5 Å². The molecule has 53 heavy (non-hydrogen) atoms. The van der Waals surface area contributed by atoms with Crippen LogP contribution in [0.25, 0.3) is 47.6 Å². The van der Waals surface area contributed by atoms with Crippen molar-refractivity contribution in [1.29, 1.82) is 0 Å². The Morgan fingerprint density at radius 2 is 1.55 bits per heavy atom. The van der Waals surface area contributed by atoms with E-state index < -0.39 is 0 Å². The fraction of sp³-hybridized carbons (Fsp3) is 0.511. The van der Waals surface area contributed by atoms with Crippen LogP contribution in [0.2, 0.25) is 0 Å². The molecule has 1 aliphatic rings. The van der Waals surface area contributed by atoms with Crippen LogP contribution in [0.5, 0.6) is 0 Å². The predicted octanol–water partition coefficient (Wildman–Crippen LogP) is 13.7. The molecule has 2 heterocycles. The molecular formula is C47H61IrN3OS-2. The summed E-state index contributed by atoms with van der Waals surface area (Å²) in [6.07, 6.45) is 9.88. The molecule has 0 saturated carbocycles. The first kappa shape index (κ1) is 42.8. The smallest absolute Gasteiger partial charge is 0.157 e. The Balaban J connectivity index is 0.000000316. The molecule has 0 unspecified atom stereocenters. The summed E-state index contributed by atoms with van der Waals surface area (Å²) in [6.45, 7) is 27.2. The molecule has 0 N–H and O–H groups in total. The number of carbonyl (C=O) groups excluding carboxylic acids is 1. The quantitative estimate of drug-likeness (QED) is 0.109. The summed E-state index contributed by atoms with van der Waals surface area (Å²) in [7, 11) is 1.78. The minimum Gasteiger partial charge on any atom is -0.690 e. The van der Waals surface area contributed by atoms with Gasteiger partial charge in [0.2, 0.25) is 0 Å². The Kier molecular flexibility index (Phi) is 13.6. The molecule has 287 valence electrons. The van der Waals surface area contributed by atoms with Gasteiger partial charge in [-0.25, -0.2) is 4.98 Å². The van der Waals surface area contributed by atoms with Crippen molar-refractivity contribution >= 4 is 48.2 Å². The topological polar surface area (TPSA) is 57.0 Å². The number of aryl methyl sites for hydroxylation is 1. The van der Waals surface area contributed by atoms with Crippen LogP contribution in [-0.2, 0) is 41.1 Å². The van der Waals surface area contributed by atoms with E-state index in [0.717, 1.165) is 53.5 Å². The molecule has 2 aromatic heterocycles. The SMILES string of the molecule is CCC(CC)C(=O)/C=C(\[N-]C)C(CC)CC.Cc1cc2c(c3c1sc1c(-c4[c-]c5ccccc5c(C(C)(C)C)c4)ncnc13)C(C)(C)CCC2(C)C.[Ir]. The van der Waals surface area contributed by atoms with Crippen LogP contribution in [0.4, 0.5) is 0 Å². The van der Waals surface area contributed by atoms with Crippen LogP contribution < -0.4 is 0 Å². The van der Waals surface area contributed by atoms with Gasteiger partial charge in [-0.05, 0) is 77.5 Å². The van der Waals surface area contributed by atoms with E-state index in [2.05, 4.69) is 131 Å². The van der Waals surface area contributed by atoms with E-state index in [4.69, 9.17) is 9.97 Å². The minimum absolute atomic E-state index is 0. The molecule has 0 fully saturated rings. The van der Waals surface area contributed by atoms with Crippen molar-refractivity contribution in [2.45, 2.75) is 138 Å². The summed E-state index contributed by atoms with van der Waals surface area (Å²) in [5.41, 5.74) is 10.1. The van der Waals surface area contributed by atoms with E-state index in [1.54, 1.807) is 19.5 Å². The van der Waals surface area contributed by atoms with Crippen molar-refractivity contribution in [3.05, 3.63) is 88.1 Å². The Hall–Kier alpha value is -2.92. The number of ketones is 1. The minimum atomic E-state index is 0. The Labute approximate surface area is 337 Å². The zero-order valence-corrected chi connectivity index (χ0v) is 37.7. The molecule has 1 radical (unpaired) electrons. The normalized spacial score (nSPS) is 15.3. The molecule has 4 nitrogen and oxygen atoms in total. The third-order valence-electron chi connectivity index (χ3n) is 11.7. The molecule has 0 spiro atoms. The van der Waals surface area contributed by atoms with E-state index >= 15 is 0 Å². The summed E-state index contributed by atoms with van der Waals surface area (Å²) >= 11 is 1.86. The Bertz CT molecular complexity index is 2110. The molecule has 5 aromatic rings. The van der Waals surface area contributed by atoms with E-state index in [9.17, 15) is 4.79 Å². The van der Waals surface area contributed by atoms with Gasteiger partial charge in [0.05, 0.1) is 5.52 Å². The Morgan fingerprint density at radius 3 is 2.15 bits per heavy atom. The number of fused-ring (bicyclic) bond motifs is 6. The van der Waals surface area contributed by atoms with Crippen molar-refractivity contribution in [2.24, 2.45) is 11.8 Å². The number of hydrogen-bond donors (Lipinski definition) is 0. The monoisotopic (exact) mass is 908 g/mol. The molecule has 0 aliphatic heterocycles. The van der Waals surface area contributed by atoms with Crippen molar-refractivity contribution in [3.8, 4) is 11.3 Å². The molecule has 1 aliphatic carbocycles. The van der Waals surface area contributed by atoms with Gasteiger partial charge in [-0.2, -0.15) is 5.70 Å². The number of hydrogen-bond acceptors (Lipinski definition) is 4. The summed E-state index contributed by atoms with van der Waals surface area (Å²) < 4.78 is 2.53. The first-order chi connectivity index (χ1) is 24.5. The molecule has 0 atom stereocenters. The molecule has 0 saturated heterocycles. The maximum Gasteiger partial charge on any atom is 0.157 e. The number of aromatic nitrogens is 2. The van der Waals surface area contributed by atoms with E-state index in [0.29, 0.717) is 5.92 Å². The van der Waals surface area contributed by atoms with Gasteiger partial charge in [0.25, 0.3) is 0 Å². The second-order valence-electron chi connectivity index (χ2n) is 17.2. The summed E-state index contributed by atoms with van der Waals surface area (Å²) in [5.74, 6) is 0.854. The molecule has 6 rings (SSSR count). The van der Waals surface area contributed by atoms with Crippen molar-refractivity contribution in [3.63, 3.8) is 0 Å². The number of carbonyl (C=O) groups is 1. The summed E-state index contributed by atoms with van der Waals surface area (Å²) in [5, 5.41) is 8.02. The summed E-state index contributed by atoms with van der Waals surface area (Å²) in [6, 6.07) is 17.1. The first-order valence-electron chi connectivity index (χ1n) is 19.6. The second kappa shape index (κ2) is 16.8. The number of benzene rings is 3. The maximum absolute atomic E-state index is 12.0. The fourth-order valence-electron chi connectivity index (χ4n) is 8.23. The van der Waals surface area contributed by atoms with Crippen LogP contribution in [-0.4, -0.2) is 22.8 Å². The zero-order valence-electron chi connectivity index (χ0n) is 34.5. The van der Waals surface area contributed by atoms with Gasteiger partial charge >= 0.3 is 0 Å². The van der Waals surface area contributed by atoms with Crippen LogP contribution in [0.1, 0.15) is 137 Å². The summed E-state index contributed by atoms with van der Waals surface area (Å²) in [4.78, 5) is 21.8. The van der Waals surface area contributed by atoms with Gasteiger partial charge in [0, 0.05) is 46.5 Å². The number of allylic oxidation sites excluding steroid dienone is 2. The average molecular weight is 908 g/mol. The van der Waals surface area contributed by atoms with Crippen molar-refractivity contribution in [1.82, 2.24) is 9.97 Å². The molecule has 0 amide bonds. The fourth-order valence-corrected chi connectivity index (χ4v) is 9.46. The Morgan fingerprint density at radius 1 is 0.925 bits per heavy atom. The van der Waals surface area contributed by atoms with Crippen LogP contribution in [0.3, 0.4) is 0 Å². The van der Waals surface area contributed by atoms with Crippen molar-refractivity contribution < 1.29 is 24.9 Å².